The lowest BCUT2D eigenvalue weighted by Gasteiger charge is -2.18. The molecule has 0 radical (unpaired) electrons. The third-order valence-corrected chi connectivity index (χ3v) is 3.61. The molecule has 0 aliphatic heterocycles. The highest BCUT2D eigenvalue weighted by atomic mass is 79.9. The minimum absolute atomic E-state index is 0.0154. The fraction of sp³-hybridized carbons (Fsp3) is 0.583. The van der Waals surface area contributed by atoms with E-state index in [1.54, 1.807) is 0 Å². The molecule has 1 aromatic rings. The maximum Gasteiger partial charge on any atom is 0.310 e. The van der Waals surface area contributed by atoms with Crippen LogP contribution >= 0.6 is 15.9 Å². The number of methoxy groups -OCH3 is 1. The Morgan fingerprint density at radius 3 is 3.06 bits per heavy atom. The van der Waals surface area contributed by atoms with Crippen LogP contribution in [-0.2, 0) is 16.1 Å². The smallest absolute Gasteiger partial charge is 0.310 e. The van der Waals surface area contributed by atoms with Crippen molar-refractivity contribution in [1.82, 2.24) is 5.32 Å². The maximum atomic E-state index is 11.5. The van der Waals surface area contributed by atoms with Crippen LogP contribution in [0.1, 0.15) is 25.0 Å². The van der Waals surface area contributed by atoms with Crippen LogP contribution in [0.25, 0.3) is 0 Å². The summed E-state index contributed by atoms with van der Waals surface area (Å²) in [5.41, 5.74) is 0. The molecule has 0 unspecified atom stereocenters. The summed E-state index contributed by atoms with van der Waals surface area (Å²) < 4.78 is 10.9. The number of hydrogen-bond acceptors (Lipinski definition) is 4. The molecule has 94 valence electrons. The van der Waals surface area contributed by atoms with E-state index in [4.69, 9.17) is 9.15 Å². The quantitative estimate of drug-likeness (QED) is 0.868. The highest BCUT2D eigenvalue weighted by molar-refractivity contribution is 9.10. The summed E-state index contributed by atoms with van der Waals surface area (Å²) in [6, 6.07) is 3.98. The minimum Gasteiger partial charge on any atom is -0.469 e. The van der Waals surface area contributed by atoms with Crippen molar-refractivity contribution < 1.29 is 13.9 Å². The zero-order valence-corrected chi connectivity index (χ0v) is 11.3. The van der Waals surface area contributed by atoms with Gasteiger partial charge in [-0.05, 0) is 40.9 Å². The molecular formula is C12H16BrNO3. The van der Waals surface area contributed by atoms with E-state index in [0.717, 1.165) is 29.7 Å². The Balaban J connectivity index is 1.88. The second kappa shape index (κ2) is 5.69. The molecule has 0 saturated heterocycles. The van der Waals surface area contributed by atoms with Gasteiger partial charge in [0.25, 0.3) is 0 Å². The molecular weight excluding hydrogens is 286 g/mol. The van der Waals surface area contributed by atoms with Gasteiger partial charge >= 0.3 is 5.97 Å². The number of furan rings is 1. The number of hydrogen-bond donors (Lipinski definition) is 1. The van der Waals surface area contributed by atoms with E-state index in [0.29, 0.717) is 6.54 Å². The lowest BCUT2D eigenvalue weighted by Crippen LogP contribution is -2.36. The highest BCUT2D eigenvalue weighted by Gasteiger charge is 2.33. The number of carbonyl (C=O) groups is 1. The zero-order chi connectivity index (χ0) is 12.3. The first-order chi connectivity index (χ1) is 8.20. The molecule has 1 saturated carbocycles. The first-order valence-electron chi connectivity index (χ1n) is 5.76. The van der Waals surface area contributed by atoms with Crippen molar-refractivity contribution >= 4 is 21.9 Å². The van der Waals surface area contributed by atoms with E-state index >= 15 is 0 Å². The number of carbonyl (C=O) groups excluding carboxylic acids is 1. The summed E-state index contributed by atoms with van der Waals surface area (Å²) in [5, 5.41) is 3.36. The maximum absolute atomic E-state index is 11.5. The van der Waals surface area contributed by atoms with Crippen LogP contribution in [0.15, 0.2) is 21.2 Å². The monoisotopic (exact) mass is 301 g/mol. The SMILES string of the molecule is COC(=O)[C@H]1CCC[C@@H]1NCc1ccc(Br)o1. The van der Waals surface area contributed by atoms with Crippen LogP contribution in [-0.4, -0.2) is 19.1 Å². The Morgan fingerprint density at radius 1 is 1.59 bits per heavy atom. The topological polar surface area (TPSA) is 51.5 Å². The van der Waals surface area contributed by atoms with Gasteiger partial charge < -0.3 is 14.5 Å². The standard InChI is InChI=1S/C12H16BrNO3/c1-16-12(15)9-3-2-4-10(9)14-7-8-5-6-11(13)17-8/h5-6,9-10,14H,2-4,7H2,1H3/t9-,10-/m0/s1. The predicted octanol–water partition coefficient (Wildman–Crippen LogP) is 2.47. The van der Waals surface area contributed by atoms with Crippen molar-refractivity contribution in [2.45, 2.75) is 31.8 Å². The highest BCUT2D eigenvalue weighted by Crippen LogP contribution is 2.27. The van der Waals surface area contributed by atoms with E-state index in [1.807, 2.05) is 12.1 Å². The minimum atomic E-state index is -0.111. The van der Waals surface area contributed by atoms with Crippen LogP contribution in [0.3, 0.4) is 0 Å². The van der Waals surface area contributed by atoms with Gasteiger partial charge in [-0.2, -0.15) is 0 Å². The average molecular weight is 302 g/mol. The molecule has 0 amide bonds. The molecule has 1 heterocycles. The lowest BCUT2D eigenvalue weighted by atomic mass is 10.0. The molecule has 0 spiro atoms. The van der Waals surface area contributed by atoms with Crippen molar-refractivity contribution in [3.8, 4) is 0 Å². The van der Waals surface area contributed by atoms with E-state index in [-0.39, 0.29) is 17.9 Å². The molecule has 1 aliphatic rings. The number of rotatable bonds is 4. The van der Waals surface area contributed by atoms with Crippen molar-refractivity contribution in [2.24, 2.45) is 5.92 Å². The van der Waals surface area contributed by atoms with Crippen LogP contribution in [0.2, 0.25) is 0 Å². The van der Waals surface area contributed by atoms with Crippen LogP contribution in [0.4, 0.5) is 0 Å². The Bertz CT molecular complexity index is 391. The van der Waals surface area contributed by atoms with Gasteiger partial charge in [-0.1, -0.05) is 6.42 Å². The zero-order valence-electron chi connectivity index (χ0n) is 9.74. The Labute approximate surface area is 109 Å². The van der Waals surface area contributed by atoms with Crippen LogP contribution < -0.4 is 5.32 Å². The predicted molar refractivity (Wildman–Crippen MR) is 66.4 cm³/mol. The number of halogens is 1. The Hall–Kier alpha value is -0.810. The van der Waals surface area contributed by atoms with Gasteiger partial charge in [0.1, 0.15) is 5.76 Å². The third-order valence-electron chi connectivity index (χ3n) is 3.19. The van der Waals surface area contributed by atoms with E-state index in [1.165, 1.54) is 7.11 Å². The van der Waals surface area contributed by atoms with E-state index in [9.17, 15) is 4.79 Å². The Morgan fingerprint density at radius 2 is 2.41 bits per heavy atom. The second-order valence-electron chi connectivity index (χ2n) is 4.25. The van der Waals surface area contributed by atoms with Gasteiger partial charge in [0, 0.05) is 6.04 Å². The molecule has 4 nitrogen and oxygen atoms in total. The lowest BCUT2D eigenvalue weighted by molar-refractivity contribution is -0.145. The van der Waals surface area contributed by atoms with Crippen molar-refractivity contribution in [1.29, 1.82) is 0 Å². The molecule has 1 N–H and O–H groups in total. The summed E-state index contributed by atoms with van der Waals surface area (Å²) in [6.45, 7) is 0.643. The van der Waals surface area contributed by atoms with Gasteiger partial charge in [-0.25, -0.2) is 0 Å². The van der Waals surface area contributed by atoms with Crippen molar-refractivity contribution in [2.75, 3.05) is 7.11 Å². The molecule has 1 fully saturated rings. The second-order valence-corrected chi connectivity index (χ2v) is 5.04. The van der Waals surface area contributed by atoms with Crippen LogP contribution in [0, 0.1) is 5.92 Å². The molecule has 2 atom stereocenters. The molecule has 0 aromatic carbocycles. The van der Waals surface area contributed by atoms with Gasteiger partial charge in [0.15, 0.2) is 4.67 Å². The van der Waals surface area contributed by atoms with E-state index < -0.39 is 0 Å². The Kier molecular flexibility index (Phi) is 4.23. The molecule has 1 aromatic heterocycles. The number of nitrogens with one attached hydrogen (secondary N) is 1. The molecule has 5 heteroatoms. The van der Waals surface area contributed by atoms with Crippen molar-refractivity contribution in [3.63, 3.8) is 0 Å². The summed E-state index contributed by atoms with van der Waals surface area (Å²) in [4.78, 5) is 11.5. The fourth-order valence-corrected chi connectivity index (χ4v) is 2.66. The first kappa shape index (κ1) is 12.6. The van der Waals surface area contributed by atoms with Gasteiger partial charge in [0.2, 0.25) is 0 Å². The summed E-state index contributed by atoms with van der Waals surface area (Å²) in [6.07, 6.45) is 2.99. The van der Waals surface area contributed by atoms with Gasteiger partial charge in [-0.15, -0.1) is 0 Å². The first-order valence-corrected chi connectivity index (χ1v) is 6.55. The normalized spacial score (nSPS) is 23.9. The number of ether oxygens (including phenoxy) is 1. The third kappa shape index (κ3) is 3.10. The molecule has 2 rings (SSSR count). The average Bonchev–Trinajstić information content (AvgIpc) is 2.94. The molecule has 1 aliphatic carbocycles. The van der Waals surface area contributed by atoms with Crippen LogP contribution in [0.5, 0.6) is 0 Å². The summed E-state index contributed by atoms with van der Waals surface area (Å²) in [7, 11) is 1.45. The fourth-order valence-electron chi connectivity index (χ4n) is 2.32. The number of esters is 1. The van der Waals surface area contributed by atoms with Gasteiger partial charge in [-0.3, -0.25) is 4.79 Å². The molecule has 17 heavy (non-hydrogen) atoms. The summed E-state index contributed by atoms with van der Waals surface area (Å²) >= 11 is 3.26. The van der Waals surface area contributed by atoms with Crippen molar-refractivity contribution in [3.05, 3.63) is 22.6 Å². The summed E-state index contributed by atoms with van der Waals surface area (Å²) in [5.74, 6) is 0.742. The van der Waals surface area contributed by atoms with Gasteiger partial charge in [0.05, 0.1) is 19.6 Å². The van der Waals surface area contributed by atoms with E-state index in [2.05, 4.69) is 21.2 Å². The largest absolute Gasteiger partial charge is 0.469 e. The molecule has 0 bridgehead atoms.